The van der Waals surface area contributed by atoms with Gasteiger partial charge in [0.25, 0.3) is 0 Å². The zero-order valence-electron chi connectivity index (χ0n) is 18.7. The summed E-state index contributed by atoms with van der Waals surface area (Å²) < 4.78 is 5.23. The molecule has 6 nitrogen and oxygen atoms in total. The third-order valence-electron chi connectivity index (χ3n) is 6.48. The molecule has 0 radical (unpaired) electrons. The molecule has 3 heterocycles. The molecule has 33 heavy (non-hydrogen) atoms. The minimum Gasteiger partial charge on any atom is -0.510 e. The second kappa shape index (κ2) is 9.37. The predicted molar refractivity (Wildman–Crippen MR) is 133 cm³/mol. The van der Waals surface area contributed by atoms with Crippen molar-refractivity contribution in [3.63, 3.8) is 0 Å². The van der Waals surface area contributed by atoms with Gasteiger partial charge in [0.2, 0.25) is 0 Å². The molecule has 2 aromatic carbocycles. The number of amidine groups is 1. The van der Waals surface area contributed by atoms with Gasteiger partial charge in [-0.25, -0.2) is 4.98 Å². The lowest BCUT2D eigenvalue weighted by Crippen LogP contribution is -2.45. The molecule has 7 heteroatoms. The normalized spacial score (nSPS) is 17.7. The van der Waals surface area contributed by atoms with Gasteiger partial charge < -0.3 is 14.7 Å². The van der Waals surface area contributed by atoms with Crippen LogP contribution in [-0.4, -0.2) is 58.5 Å². The molecule has 0 spiro atoms. The van der Waals surface area contributed by atoms with Crippen LogP contribution in [0.15, 0.2) is 65.7 Å². The van der Waals surface area contributed by atoms with E-state index in [1.807, 2.05) is 35.7 Å². The largest absolute Gasteiger partial charge is 0.510 e. The van der Waals surface area contributed by atoms with Crippen molar-refractivity contribution in [1.82, 2.24) is 14.8 Å². The van der Waals surface area contributed by atoms with E-state index in [9.17, 15) is 5.11 Å². The maximum absolute atomic E-state index is 10.7. The topological polar surface area (TPSA) is 72.7 Å². The fourth-order valence-corrected chi connectivity index (χ4v) is 5.55. The third kappa shape index (κ3) is 4.51. The number of methoxy groups -OCH3 is 1. The first-order valence-corrected chi connectivity index (χ1v) is 12.1. The van der Waals surface area contributed by atoms with Gasteiger partial charge in [-0.15, -0.1) is 11.3 Å². The Morgan fingerprint density at radius 3 is 2.52 bits per heavy atom. The molecule has 5 rings (SSSR count). The number of rotatable bonds is 6. The number of hydrogen-bond acceptors (Lipinski definition) is 6. The fourth-order valence-electron chi connectivity index (χ4n) is 4.65. The number of ether oxygens (including phenoxy) is 1. The lowest BCUT2D eigenvalue weighted by Gasteiger charge is -2.37. The predicted octanol–water partition coefficient (Wildman–Crippen LogP) is 5.05. The molecule has 170 valence electrons. The number of thiazole rings is 1. The van der Waals surface area contributed by atoms with Crippen molar-refractivity contribution in [3.05, 3.63) is 76.3 Å². The summed E-state index contributed by atoms with van der Waals surface area (Å²) in [5, 5.41) is 22.2. The number of likely N-dealkylation sites (tertiary alicyclic amines) is 1. The maximum atomic E-state index is 10.7. The van der Waals surface area contributed by atoms with Gasteiger partial charge in [0.05, 0.1) is 24.9 Å². The molecular formula is C26H28N4O2S. The lowest BCUT2D eigenvalue weighted by atomic mass is 10.0. The van der Waals surface area contributed by atoms with E-state index >= 15 is 0 Å². The average molecular weight is 461 g/mol. The van der Waals surface area contributed by atoms with Gasteiger partial charge >= 0.3 is 0 Å². The van der Waals surface area contributed by atoms with E-state index in [0.29, 0.717) is 23.0 Å². The molecule has 0 amide bonds. The second-order valence-electron chi connectivity index (χ2n) is 8.56. The van der Waals surface area contributed by atoms with Crippen LogP contribution in [0.5, 0.6) is 5.75 Å². The van der Waals surface area contributed by atoms with Crippen molar-refractivity contribution in [1.29, 1.82) is 5.41 Å². The van der Waals surface area contributed by atoms with Gasteiger partial charge in [-0.1, -0.05) is 30.3 Å². The number of nitrogens with one attached hydrogen (secondary N) is 1. The van der Waals surface area contributed by atoms with E-state index in [0.717, 1.165) is 49.5 Å². The zero-order valence-corrected chi connectivity index (χ0v) is 19.5. The molecule has 0 atom stereocenters. The van der Waals surface area contributed by atoms with Crippen LogP contribution in [0.4, 0.5) is 0 Å². The average Bonchev–Trinajstić information content (AvgIpc) is 3.44. The quantitative estimate of drug-likeness (QED) is 0.539. The molecule has 3 aromatic rings. The zero-order chi connectivity index (χ0) is 22.8. The van der Waals surface area contributed by atoms with Gasteiger partial charge in [-0.2, -0.15) is 0 Å². The molecule has 2 aliphatic heterocycles. The Bertz CT molecular complexity index is 1150. The monoisotopic (exact) mass is 460 g/mol. The molecule has 1 fully saturated rings. The first-order valence-electron chi connectivity index (χ1n) is 11.3. The van der Waals surface area contributed by atoms with Crippen molar-refractivity contribution in [2.75, 3.05) is 26.7 Å². The maximum Gasteiger partial charge on any atom is 0.135 e. The van der Waals surface area contributed by atoms with E-state index in [-0.39, 0.29) is 11.8 Å². The molecular weight excluding hydrogens is 432 g/mol. The van der Waals surface area contributed by atoms with Gasteiger partial charge in [-0.05, 0) is 42.7 Å². The van der Waals surface area contributed by atoms with Crippen molar-refractivity contribution in [2.45, 2.75) is 25.4 Å². The smallest absolute Gasteiger partial charge is 0.135 e. The summed E-state index contributed by atoms with van der Waals surface area (Å²) >= 11 is 1.47. The molecule has 0 saturated carbocycles. The summed E-state index contributed by atoms with van der Waals surface area (Å²) in [7, 11) is 1.65. The summed E-state index contributed by atoms with van der Waals surface area (Å²) in [5.74, 6) is 1.45. The number of aliphatic hydroxyl groups excluding tert-OH is 1. The highest BCUT2D eigenvalue weighted by atomic mass is 32.1. The lowest BCUT2D eigenvalue weighted by molar-refractivity contribution is 0.149. The number of aromatic nitrogens is 1. The number of piperidine rings is 1. The van der Waals surface area contributed by atoms with Crippen LogP contribution >= 0.6 is 11.3 Å². The molecule has 2 N–H and O–H groups in total. The number of hydrogen-bond donors (Lipinski definition) is 2. The highest BCUT2D eigenvalue weighted by Gasteiger charge is 2.35. The first kappa shape index (κ1) is 21.7. The van der Waals surface area contributed by atoms with Crippen LogP contribution in [0.25, 0.3) is 16.8 Å². The Balaban J connectivity index is 1.23. The molecule has 0 aliphatic carbocycles. The van der Waals surface area contributed by atoms with Crippen LogP contribution in [-0.2, 0) is 6.54 Å². The molecule has 2 aliphatic rings. The van der Waals surface area contributed by atoms with E-state index in [1.54, 1.807) is 7.11 Å². The summed E-state index contributed by atoms with van der Waals surface area (Å²) in [4.78, 5) is 9.27. The fraction of sp³-hybridized carbons (Fsp3) is 0.308. The van der Waals surface area contributed by atoms with Crippen LogP contribution in [0.3, 0.4) is 0 Å². The van der Waals surface area contributed by atoms with Crippen molar-refractivity contribution < 1.29 is 9.84 Å². The Hall–Kier alpha value is -3.16. The number of benzene rings is 2. The van der Waals surface area contributed by atoms with E-state index < -0.39 is 0 Å². The van der Waals surface area contributed by atoms with E-state index in [4.69, 9.17) is 15.1 Å². The third-order valence-corrected chi connectivity index (χ3v) is 7.34. The minimum atomic E-state index is 0.252. The Morgan fingerprint density at radius 2 is 1.82 bits per heavy atom. The summed E-state index contributed by atoms with van der Waals surface area (Å²) in [5.41, 5.74) is 3.75. The SMILES string of the molecule is COc1ccc(-c2csc(C3=C(O)CN(C4CCN(Cc5ccccc5)CC4)C3=N)n2)cc1. The summed E-state index contributed by atoms with van der Waals surface area (Å²) in [6.45, 7) is 3.36. The van der Waals surface area contributed by atoms with E-state index in [2.05, 4.69) is 34.1 Å². The van der Waals surface area contributed by atoms with Gasteiger partial charge in [0.15, 0.2) is 0 Å². The molecule has 1 saturated heterocycles. The van der Waals surface area contributed by atoms with Gasteiger partial charge in [0, 0.05) is 36.6 Å². The van der Waals surface area contributed by atoms with Gasteiger partial charge in [0.1, 0.15) is 22.4 Å². The van der Waals surface area contributed by atoms with Crippen LogP contribution in [0, 0.1) is 5.41 Å². The second-order valence-corrected chi connectivity index (χ2v) is 9.42. The first-order chi connectivity index (χ1) is 16.1. The minimum absolute atomic E-state index is 0.252. The van der Waals surface area contributed by atoms with Crippen LogP contribution in [0.1, 0.15) is 23.4 Å². The molecule has 1 aromatic heterocycles. The highest BCUT2D eigenvalue weighted by Crippen LogP contribution is 2.35. The Morgan fingerprint density at radius 1 is 1.09 bits per heavy atom. The highest BCUT2D eigenvalue weighted by molar-refractivity contribution is 7.11. The summed E-state index contributed by atoms with van der Waals surface area (Å²) in [6.07, 6.45) is 1.98. The standard InChI is InChI=1S/C26H28N4O2S/c1-32-21-9-7-19(8-10-21)22-17-33-26(28-22)24-23(31)16-30(25(24)27)20-11-13-29(14-12-20)15-18-5-3-2-4-6-18/h2-10,17,20,27,31H,11-16H2,1H3. The molecule has 0 unspecified atom stereocenters. The van der Waals surface area contributed by atoms with E-state index in [1.165, 1.54) is 16.9 Å². The van der Waals surface area contributed by atoms with Gasteiger partial charge in [-0.3, -0.25) is 10.3 Å². The van der Waals surface area contributed by atoms with Crippen LogP contribution < -0.4 is 4.74 Å². The summed E-state index contributed by atoms with van der Waals surface area (Å²) in [6, 6.07) is 18.6. The number of nitrogens with zero attached hydrogens (tertiary/aromatic N) is 3. The Kier molecular flexibility index (Phi) is 6.15. The van der Waals surface area contributed by atoms with Crippen molar-refractivity contribution in [3.8, 4) is 17.0 Å². The number of aliphatic hydroxyl groups is 1. The molecule has 0 bridgehead atoms. The Labute approximate surface area is 198 Å². The van der Waals surface area contributed by atoms with Crippen LogP contribution in [0.2, 0.25) is 0 Å². The van der Waals surface area contributed by atoms with Crippen molar-refractivity contribution >= 4 is 22.7 Å². The van der Waals surface area contributed by atoms with Crippen molar-refractivity contribution in [2.24, 2.45) is 0 Å².